The molecule has 1 heterocycles. The van der Waals surface area contributed by atoms with Gasteiger partial charge in [0.1, 0.15) is 18.1 Å². The maximum Gasteiger partial charge on any atom is 0.328 e. The summed E-state index contributed by atoms with van der Waals surface area (Å²) in [5.74, 6) is -6.59. The quantitative estimate of drug-likeness (QED) is 0.0728. The maximum absolute atomic E-state index is 13.1. The summed E-state index contributed by atoms with van der Waals surface area (Å²) in [7, 11) is 0. The fraction of sp³-hybridized carbons (Fsp3) is 0.610. The molecule has 0 radical (unpaired) electrons. The smallest absolute Gasteiger partial charge is 0.328 e. The molecule has 6 amide bonds. The normalized spacial score (nSPS) is 24.0. The molecule has 0 aromatic rings. The van der Waals surface area contributed by atoms with Crippen molar-refractivity contribution >= 4 is 79.7 Å². The van der Waals surface area contributed by atoms with Crippen molar-refractivity contribution in [1.82, 2.24) is 31.1 Å². The second-order valence-electron chi connectivity index (χ2n) is 15.0. The van der Waals surface area contributed by atoms with Crippen molar-refractivity contribution in [3.8, 4) is 0 Å². The third-order valence-corrected chi connectivity index (χ3v) is 9.71. The summed E-state index contributed by atoms with van der Waals surface area (Å²) in [5.41, 5.74) is 1.25. The molecule has 22 nitrogen and oxygen atoms in total. The number of nitrogens with one attached hydrogen (secondary N) is 3. The molecule has 64 heavy (non-hydrogen) atoms. The SMILES string of the molecule is CC(=O)NC1CCCN(O)C(=O)/C=C(/C)CCOC(=O)C(NC(=O)CCC(=O)I)CCCN(O)C(=O)/C=C(/C)CCOC(=O)C(NC(C)=O)CCCN(O)C(=O)/C=C(/C)CCOC1=O. The van der Waals surface area contributed by atoms with Crippen LogP contribution in [0, 0.1) is 0 Å². The molecule has 0 fully saturated rings. The molecular formula is C41H61IN6O16. The average Bonchev–Trinajstić information content (AvgIpc) is 3.20. The zero-order chi connectivity index (χ0) is 48.4. The van der Waals surface area contributed by atoms with Crippen molar-refractivity contribution in [3.63, 3.8) is 0 Å². The fourth-order valence-corrected chi connectivity index (χ4v) is 5.96. The molecule has 0 saturated heterocycles. The number of amides is 6. The first-order valence-corrected chi connectivity index (χ1v) is 21.7. The molecule has 1 aliphatic rings. The van der Waals surface area contributed by atoms with E-state index in [0.717, 1.165) is 18.2 Å². The number of esters is 3. The van der Waals surface area contributed by atoms with E-state index in [1.165, 1.54) is 36.4 Å². The van der Waals surface area contributed by atoms with Gasteiger partial charge in [-0.15, -0.1) is 0 Å². The molecule has 1 aliphatic heterocycles. The van der Waals surface area contributed by atoms with Gasteiger partial charge in [-0.1, -0.05) is 16.7 Å². The Morgan fingerprint density at radius 1 is 0.562 bits per heavy atom. The van der Waals surface area contributed by atoms with Gasteiger partial charge in [-0.2, -0.15) is 0 Å². The minimum atomic E-state index is -1.23. The third kappa shape index (κ3) is 25.1. The number of hydrogen-bond acceptors (Lipinski definition) is 16. The molecule has 1 rings (SSSR count). The average molecular weight is 1020 g/mol. The molecule has 3 atom stereocenters. The van der Waals surface area contributed by atoms with Crippen LogP contribution in [0.4, 0.5) is 0 Å². The lowest BCUT2D eigenvalue weighted by Gasteiger charge is -2.20. The number of hydroxylamine groups is 6. The Kier molecular flexibility index (Phi) is 27.3. The van der Waals surface area contributed by atoms with E-state index < -0.39 is 71.5 Å². The fourth-order valence-electron chi connectivity index (χ4n) is 5.69. The van der Waals surface area contributed by atoms with Crippen molar-refractivity contribution < 1.29 is 77.8 Å². The molecule has 0 aromatic heterocycles. The predicted molar refractivity (Wildman–Crippen MR) is 232 cm³/mol. The molecule has 0 aliphatic carbocycles. The summed E-state index contributed by atoms with van der Waals surface area (Å²) >= 11 is 1.53. The van der Waals surface area contributed by atoms with Crippen molar-refractivity contribution in [1.29, 1.82) is 0 Å². The Hall–Kier alpha value is -5.27. The molecule has 0 bridgehead atoms. The van der Waals surface area contributed by atoms with E-state index in [2.05, 4.69) is 16.0 Å². The summed E-state index contributed by atoms with van der Waals surface area (Å²) in [5, 5.41) is 39.7. The van der Waals surface area contributed by atoms with Crippen LogP contribution in [0.3, 0.4) is 0 Å². The molecular weight excluding hydrogens is 959 g/mol. The van der Waals surface area contributed by atoms with Gasteiger partial charge in [-0.25, -0.2) is 29.6 Å². The Morgan fingerprint density at radius 3 is 1.14 bits per heavy atom. The second kappa shape index (κ2) is 30.8. The summed E-state index contributed by atoms with van der Waals surface area (Å²) in [6.45, 7) is 5.68. The first-order valence-electron chi connectivity index (χ1n) is 20.6. The van der Waals surface area contributed by atoms with Crippen LogP contribution in [-0.4, -0.2) is 146 Å². The third-order valence-electron chi connectivity index (χ3n) is 9.18. The Labute approximate surface area is 385 Å². The van der Waals surface area contributed by atoms with E-state index in [4.69, 9.17) is 14.2 Å². The number of ether oxygens (including phenoxy) is 3. The zero-order valence-corrected chi connectivity index (χ0v) is 39.0. The van der Waals surface area contributed by atoms with Gasteiger partial charge in [0.15, 0.2) is 3.79 Å². The van der Waals surface area contributed by atoms with Gasteiger partial charge < -0.3 is 30.2 Å². The minimum absolute atomic E-state index is 0.00754. The first kappa shape index (κ1) is 56.7. The first-order chi connectivity index (χ1) is 30.1. The van der Waals surface area contributed by atoms with Gasteiger partial charge in [0.25, 0.3) is 17.7 Å². The minimum Gasteiger partial charge on any atom is -0.464 e. The van der Waals surface area contributed by atoms with E-state index in [0.29, 0.717) is 31.9 Å². The van der Waals surface area contributed by atoms with Gasteiger partial charge in [-0.05, 0) is 81.9 Å². The van der Waals surface area contributed by atoms with Crippen molar-refractivity contribution in [2.45, 2.75) is 123 Å². The largest absolute Gasteiger partial charge is 0.464 e. The van der Waals surface area contributed by atoms with Crippen LogP contribution in [0.1, 0.15) is 105 Å². The Morgan fingerprint density at radius 2 is 0.859 bits per heavy atom. The Balaban J connectivity index is 3.23. The monoisotopic (exact) mass is 1020 g/mol. The van der Waals surface area contributed by atoms with E-state index in [1.54, 1.807) is 20.8 Å². The van der Waals surface area contributed by atoms with Gasteiger partial charge in [-0.3, -0.25) is 49.2 Å². The second-order valence-corrected chi connectivity index (χ2v) is 16.2. The van der Waals surface area contributed by atoms with Crippen LogP contribution in [0.15, 0.2) is 34.9 Å². The lowest BCUT2D eigenvalue weighted by Crippen LogP contribution is -2.42. The summed E-state index contributed by atoms with van der Waals surface area (Å²) < 4.78 is 15.7. The number of carbonyl (C=O) groups is 10. The van der Waals surface area contributed by atoms with Gasteiger partial charge in [0.05, 0.1) is 19.8 Å². The van der Waals surface area contributed by atoms with E-state index in [-0.39, 0.29) is 114 Å². The van der Waals surface area contributed by atoms with Crippen LogP contribution >= 0.6 is 22.6 Å². The molecule has 358 valence electrons. The van der Waals surface area contributed by atoms with Crippen molar-refractivity contribution in [2.75, 3.05) is 39.5 Å². The van der Waals surface area contributed by atoms with Crippen LogP contribution in [-0.2, 0) is 62.2 Å². The van der Waals surface area contributed by atoms with Crippen LogP contribution in [0.5, 0.6) is 0 Å². The number of nitrogens with zero attached hydrogens (tertiary/aromatic N) is 3. The van der Waals surface area contributed by atoms with Gasteiger partial charge in [0, 0.05) is 83.8 Å². The highest BCUT2D eigenvalue weighted by Gasteiger charge is 2.25. The number of rotatable bonds is 6. The van der Waals surface area contributed by atoms with E-state index in [9.17, 15) is 63.6 Å². The van der Waals surface area contributed by atoms with Crippen molar-refractivity contribution in [2.24, 2.45) is 0 Å². The number of halogens is 1. The highest BCUT2D eigenvalue weighted by atomic mass is 127. The lowest BCUT2D eigenvalue weighted by atomic mass is 10.1. The number of hydrogen-bond donors (Lipinski definition) is 6. The number of carbonyl (C=O) groups excluding carboxylic acids is 10. The molecule has 0 saturated carbocycles. The lowest BCUT2D eigenvalue weighted by molar-refractivity contribution is -0.160. The van der Waals surface area contributed by atoms with Gasteiger partial charge in [0.2, 0.25) is 17.7 Å². The molecule has 0 aromatic carbocycles. The Bertz CT molecular complexity index is 1750. The number of cyclic esters (lactones) is 3. The molecule has 23 heteroatoms. The van der Waals surface area contributed by atoms with Crippen LogP contribution in [0.2, 0.25) is 0 Å². The van der Waals surface area contributed by atoms with E-state index >= 15 is 0 Å². The van der Waals surface area contributed by atoms with Crippen LogP contribution in [0.25, 0.3) is 0 Å². The summed E-state index contributed by atoms with van der Waals surface area (Å²) in [6, 6.07) is -3.49. The van der Waals surface area contributed by atoms with E-state index in [1.807, 2.05) is 0 Å². The molecule has 3 unspecified atom stereocenters. The zero-order valence-electron chi connectivity index (χ0n) is 36.9. The summed E-state index contributed by atoms with van der Waals surface area (Å²) in [6.07, 6.45) is 3.24. The topological polar surface area (TPSA) is 305 Å². The standard InChI is InChI=1S/C41H61IN6O16/c1-26-14-20-62-39(56)32(44-30(5)50)10-7-18-47(60)37(54)25-28(3)16-22-64-41(58)33(45-35(52)13-12-34(42)51)11-8-19-48(61)38(55)24-27(2)15-21-63-40(57)31(43-29(4)49)9-6-17-46(59)36(53)23-26/h23-25,31-33,59-61H,6-22H2,1-5H3,(H,43,49)(H,44,50)(H,45,52)/b26-23-,27-24-,28-25-. The molecule has 0 spiro atoms. The predicted octanol–water partition coefficient (Wildman–Crippen LogP) is 1.87. The maximum atomic E-state index is 13.1. The highest BCUT2D eigenvalue weighted by molar-refractivity contribution is 14.1. The molecule has 6 N–H and O–H groups in total. The van der Waals surface area contributed by atoms with Crippen LogP contribution < -0.4 is 16.0 Å². The summed E-state index contributed by atoms with van der Waals surface area (Å²) in [4.78, 5) is 124. The van der Waals surface area contributed by atoms with Crippen molar-refractivity contribution in [3.05, 3.63) is 34.9 Å². The van der Waals surface area contributed by atoms with Gasteiger partial charge >= 0.3 is 17.9 Å². The highest BCUT2D eigenvalue weighted by Crippen LogP contribution is 2.11.